The molecule has 2 aromatic carbocycles. The molecule has 0 fully saturated rings. The molecule has 0 spiro atoms. The highest BCUT2D eigenvalue weighted by atomic mass is 35.5. The Morgan fingerprint density at radius 1 is 1.20 bits per heavy atom. The largest absolute Gasteiger partial charge is 0.496 e. The molecule has 2 aromatic rings. The number of hydrogen-bond acceptors (Lipinski definition) is 5. The molecule has 1 amide bonds. The molecular formula is C18H18ClNO4S. The average Bonchev–Trinajstić information content (AvgIpc) is 2.63. The van der Waals surface area contributed by atoms with Crippen LogP contribution in [0.25, 0.3) is 0 Å². The predicted molar refractivity (Wildman–Crippen MR) is 98.4 cm³/mol. The molecule has 0 saturated heterocycles. The van der Waals surface area contributed by atoms with Gasteiger partial charge in [-0.05, 0) is 42.2 Å². The van der Waals surface area contributed by atoms with Crippen LogP contribution in [0.5, 0.6) is 5.75 Å². The number of carbonyl (C=O) groups is 2. The van der Waals surface area contributed by atoms with Crippen LogP contribution in [0.1, 0.15) is 15.9 Å². The minimum Gasteiger partial charge on any atom is -0.496 e. The maximum atomic E-state index is 12.1. The Kier molecular flexibility index (Phi) is 7.16. The van der Waals surface area contributed by atoms with E-state index in [-0.39, 0.29) is 12.2 Å². The van der Waals surface area contributed by atoms with Crippen LogP contribution in [0.2, 0.25) is 5.02 Å². The second kappa shape index (κ2) is 9.34. The molecule has 0 aliphatic carbocycles. The first kappa shape index (κ1) is 19.1. The van der Waals surface area contributed by atoms with Crippen molar-refractivity contribution in [3.63, 3.8) is 0 Å². The number of nitrogens with one attached hydrogen (secondary N) is 1. The highest BCUT2D eigenvalue weighted by Gasteiger charge is 2.15. The topological polar surface area (TPSA) is 64.6 Å². The highest BCUT2D eigenvalue weighted by molar-refractivity contribution is 7.98. The molecule has 0 aliphatic rings. The van der Waals surface area contributed by atoms with E-state index in [1.54, 1.807) is 36.4 Å². The maximum Gasteiger partial charge on any atom is 0.342 e. The van der Waals surface area contributed by atoms with Crippen LogP contribution in [0, 0.1) is 0 Å². The summed E-state index contributed by atoms with van der Waals surface area (Å²) in [6.07, 6.45) is 1.93. The second-order valence-corrected chi connectivity index (χ2v) is 6.37. The van der Waals surface area contributed by atoms with E-state index in [1.807, 2.05) is 12.3 Å². The summed E-state index contributed by atoms with van der Waals surface area (Å²) in [4.78, 5) is 24.9. The number of halogens is 1. The van der Waals surface area contributed by atoms with Gasteiger partial charge in [-0.15, -0.1) is 11.8 Å². The van der Waals surface area contributed by atoms with Crippen molar-refractivity contribution in [1.29, 1.82) is 0 Å². The summed E-state index contributed by atoms with van der Waals surface area (Å²) < 4.78 is 10.3. The molecule has 0 heterocycles. The number of esters is 1. The fourth-order valence-corrected chi connectivity index (χ4v) is 2.72. The van der Waals surface area contributed by atoms with Crippen molar-refractivity contribution in [3.8, 4) is 5.75 Å². The molecule has 2 rings (SSSR count). The molecule has 0 aromatic heterocycles. The van der Waals surface area contributed by atoms with Crippen LogP contribution in [0.3, 0.4) is 0 Å². The molecular weight excluding hydrogens is 362 g/mol. The van der Waals surface area contributed by atoms with Gasteiger partial charge in [0.05, 0.1) is 7.11 Å². The first-order valence-electron chi connectivity index (χ1n) is 7.43. The van der Waals surface area contributed by atoms with Crippen molar-refractivity contribution in [2.45, 2.75) is 11.4 Å². The second-order valence-electron chi connectivity index (χ2n) is 5.05. The summed E-state index contributed by atoms with van der Waals surface area (Å²) >= 11 is 7.42. The third-order valence-electron chi connectivity index (χ3n) is 3.34. The maximum absolute atomic E-state index is 12.1. The van der Waals surface area contributed by atoms with Gasteiger partial charge in [0.2, 0.25) is 0 Å². The number of thioether (sulfide) groups is 1. The summed E-state index contributed by atoms with van der Waals surface area (Å²) in [5, 5.41) is 3.27. The number of ether oxygens (including phenoxy) is 2. The van der Waals surface area contributed by atoms with E-state index in [0.717, 1.165) is 10.5 Å². The van der Waals surface area contributed by atoms with Crippen molar-refractivity contribution < 1.29 is 19.1 Å². The minimum absolute atomic E-state index is 0.281. The van der Waals surface area contributed by atoms with Crippen LogP contribution in [0.4, 0.5) is 0 Å². The first-order chi connectivity index (χ1) is 12.0. The molecule has 5 nitrogen and oxygen atoms in total. The summed E-state index contributed by atoms with van der Waals surface area (Å²) in [5.41, 5.74) is 1.14. The van der Waals surface area contributed by atoms with E-state index in [0.29, 0.717) is 17.3 Å². The summed E-state index contributed by atoms with van der Waals surface area (Å²) in [6.45, 7) is -0.0600. The normalized spacial score (nSPS) is 10.2. The number of hydrogen-bond donors (Lipinski definition) is 1. The minimum atomic E-state index is -0.609. The SMILES string of the molecule is COc1cc(SC)ccc1C(=O)OCC(=O)NCc1cccc(Cl)c1. The van der Waals surface area contributed by atoms with E-state index < -0.39 is 11.9 Å². The van der Waals surface area contributed by atoms with Gasteiger partial charge in [-0.25, -0.2) is 4.79 Å². The lowest BCUT2D eigenvalue weighted by Gasteiger charge is -2.10. The Hall–Kier alpha value is -2.18. The van der Waals surface area contributed by atoms with Crippen LogP contribution in [-0.2, 0) is 16.1 Å². The van der Waals surface area contributed by atoms with Gasteiger partial charge in [0, 0.05) is 16.5 Å². The van der Waals surface area contributed by atoms with E-state index in [1.165, 1.54) is 18.9 Å². The molecule has 0 aliphatic heterocycles. The zero-order valence-corrected chi connectivity index (χ0v) is 15.4. The highest BCUT2D eigenvalue weighted by Crippen LogP contribution is 2.25. The molecule has 132 valence electrons. The molecule has 1 N–H and O–H groups in total. The van der Waals surface area contributed by atoms with Gasteiger partial charge in [-0.1, -0.05) is 23.7 Å². The number of carbonyl (C=O) groups excluding carboxylic acids is 2. The smallest absolute Gasteiger partial charge is 0.342 e. The Morgan fingerprint density at radius 2 is 2.00 bits per heavy atom. The number of benzene rings is 2. The van der Waals surface area contributed by atoms with Crippen molar-refractivity contribution in [3.05, 3.63) is 58.6 Å². The summed E-state index contributed by atoms with van der Waals surface area (Å²) in [5.74, 6) is -0.591. The fraction of sp³-hybridized carbons (Fsp3) is 0.222. The molecule has 0 radical (unpaired) electrons. The molecule has 0 bridgehead atoms. The average molecular weight is 380 g/mol. The lowest BCUT2D eigenvalue weighted by Crippen LogP contribution is -2.28. The van der Waals surface area contributed by atoms with Crippen molar-refractivity contribution in [2.24, 2.45) is 0 Å². The standard InChI is InChI=1S/C18H18ClNO4S/c1-23-16-9-14(25-2)6-7-15(16)18(22)24-11-17(21)20-10-12-4-3-5-13(19)8-12/h3-9H,10-11H2,1-2H3,(H,20,21). The molecule has 0 atom stereocenters. The third kappa shape index (κ3) is 5.69. The van der Waals surface area contributed by atoms with E-state index in [9.17, 15) is 9.59 Å². The first-order valence-corrected chi connectivity index (χ1v) is 9.04. The van der Waals surface area contributed by atoms with E-state index in [2.05, 4.69) is 5.32 Å². The van der Waals surface area contributed by atoms with Gasteiger partial charge in [0.25, 0.3) is 5.91 Å². The fourth-order valence-electron chi connectivity index (χ4n) is 2.07. The van der Waals surface area contributed by atoms with E-state index >= 15 is 0 Å². The lowest BCUT2D eigenvalue weighted by atomic mass is 10.2. The monoisotopic (exact) mass is 379 g/mol. The van der Waals surface area contributed by atoms with Gasteiger partial charge < -0.3 is 14.8 Å². The number of methoxy groups -OCH3 is 1. The van der Waals surface area contributed by atoms with Gasteiger partial charge in [-0.3, -0.25) is 4.79 Å². The van der Waals surface area contributed by atoms with Crippen LogP contribution in [0.15, 0.2) is 47.4 Å². The Labute approximate surface area is 155 Å². The summed E-state index contributed by atoms with van der Waals surface area (Å²) in [6, 6.07) is 12.3. The Balaban J connectivity index is 1.88. The zero-order chi connectivity index (χ0) is 18.2. The van der Waals surface area contributed by atoms with Crippen LogP contribution >= 0.6 is 23.4 Å². The zero-order valence-electron chi connectivity index (χ0n) is 13.9. The number of rotatable bonds is 7. The van der Waals surface area contributed by atoms with Crippen LogP contribution in [-0.4, -0.2) is 31.8 Å². The van der Waals surface area contributed by atoms with E-state index in [4.69, 9.17) is 21.1 Å². The molecule has 25 heavy (non-hydrogen) atoms. The van der Waals surface area contributed by atoms with Crippen LogP contribution < -0.4 is 10.1 Å². The molecule has 0 saturated carbocycles. The van der Waals surface area contributed by atoms with Crippen molar-refractivity contribution >= 4 is 35.2 Å². The van der Waals surface area contributed by atoms with Crippen molar-refractivity contribution in [1.82, 2.24) is 5.32 Å². The Bertz CT molecular complexity index is 766. The van der Waals surface area contributed by atoms with Gasteiger partial charge in [-0.2, -0.15) is 0 Å². The lowest BCUT2D eigenvalue weighted by molar-refractivity contribution is -0.124. The third-order valence-corrected chi connectivity index (χ3v) is 4.30. The molecule has 7 heteroatoms. The molecule has 0 unspecified atom stereocenters. The number of amides is 1. The van der Waals surface area contributed by atoms with Gasteiger partial charge >= 0.3 is 5.97 Å². The van der Waals surface area contributed by atoms with Crippen molar-refractivity contribution in [2.75, 3.05) is 20.0 Å². The quantitative estimate of drug-likeness (QED) is 0.588. The van der Waals surface area contributed by atoms with Gasteiger partial charge in [0.15, 0.2) is 6.61 Å². The van der Waals surface area contributed by atoms with Gasteiger partial charge in [0.1, 0.15) is 11.3 Å². The Morgan fingerprint density at radius 3 is 2.68 bits per heavy atom. The summed E-state index contributed by atoms with van der Waals surface area (Å²) in [7, 11) is 1.48. The predicted octanol–water partition coefficient (Wildman–Crippen LogP) is 3.54.